The number of nitrogens with one attached hydrogen (secondary N) is 1. The largest absolute Gasteiger partial charge is 0.384 e. The van der Waals surface area contributed by atoms with Crippen molar-refractivity contribution in [1.29, 1.82) is 0 Å². The summed E-state index contributed by atoms with van der Waals surface area (Å²) in [6, 6.07) is 6.67. The summed E-state index contributed by atoms with van der Waals surface area (Å²) >= 11 is 0. The number of hydrogen-bond acceptors (Lipinski definition) is 4. The fraction of sp³-hybridized carbons (Fsp3) is 0.500. The molecule has 100 valence electrons. The number of nitrogens with two attached hydrogens (primary N) is 1. The second-order valence-electron chi connectivity index (χ2n) is 4.55. The minimum Gasteiger partial charge on any atom is -0.384 e. The number of para-hydroxylation sites is 1. The van der Waals surface area contributed by atoms with E-state index in [1.54, 1.807) is 18.2 Å². The molecule has 0 aromatic heterocycles. The molecule has 2 atom stereocenters. The Kier molecular flexibility index (Phi) is 3.89. The van der Waals surface area contributed by atoms with Crippen LogP contribution < -0.4 is 10.5 Å². The standard InChI is InChI=1S/C12H18N2O3S/c1-9-10(6-7-17-9)8-14-11-4-2-3-5-12(11)18(13,15)16/h2-5,9-10,14H,6-8H2,1H3,(H2,13,15,16). The van der Waals surface area contributed by atoms with Crippen LogP contribution in [0.1, 0.15) is 13.3 Å². The zero-order valence-electron chi connectivity index (χ0n) is 10.3. The van der Waals surface area contributed by atoms with Crippen LogP contribution in [0.3, 0.4) is 0 Å². The van der Waals surface area contributed by atoms with E-state index < -0.39 is 10.0 Å². The van der Waals surface area contributed by atoms with Crippen molar-refractivity contribution < 1.29 is 13.2 Å². The molecule has 1 fully saturated rings. The van der Waals surface area contributed by atoms with E-state index in [4.69, 9.17) is 9.88 Å². The summed E-state index contributed by atoms with van der Waals surface area (Å²) < 4.78 is 28.3. The Hall–Kier alpha value is -1.11. The van der Waals surface area contributed by atoms with E-state index in [-0.39, 0.29) is 11.0 Å². The third kappa shape index (κ3) is 3.01. The molecule has 18 heavy (non-hydrogen) atoms. The van der Waals surface area contributed by atoms with E-state index >= 15 is 0 Å². The van der Waals surface area contributed by atoms with Crippen LogP contribution in [0.25, 0.3) is 0 Å². The van der Waals surface area contributed by atoms with Gasteiger partial charge in [-0.3, -0.25) is 0 Å². The van der Waals surface area contributed by atoms with Crippen molar-refractivity contribution in [2.45, 2.75) is 24.3 Å². The molecule has 2 rings (SSSR count). The lowest BCUT2D eigenvalue weighted by atomic mass is 10.0. The van der Waals surface area contributed by atoms with E-state index in [0.29, 0.717) is 18.2 Å². The van der Waals surface area contributed by atoms with Crippen molar-refractivity contribution in [2.24, 2.45) is 11.1 Å². The van der Waals surface area contributed by atoms with Gasteiger partial charge in [0.15, 0.2) is 0 Å². The van der Waals surface area contributed by atoms with Crippen LogP contribution in [0.5, 0.6) is 0 Å². The van der Waals surface area contributed by atoms with Gasteiger partial charge in [-0.15, -0.1) is 0 Å². The quantitative estimate of drug-likeness (QED) is 0.860. The van der Waals surface area contributed by atoms with Gasteiger partial charge in [0.1, 0.15) is 4.90 Å². The fourth-order valence-corrected chi connectivity index (χ4v) is 2.86. The van der Waals surface area contributed by atoms with Gasteiger partial charge < -0.3 is 10.1 Å². The third-order valence-corrected chi connectivity index (χ3v) is 4.25. The van der Waals surface area contributed by atoms with Crippen LogP contribution >= 0.6 is 0 Å². The molecular formula is C12H18N2O3S. The molecule has 0 radical (unpaired) electrons. The zero-order valence-corrected chi connectivity index (χ0v) is 11.1. The maximum atomic E-state index is 11.4. The summed E-state index contributed by atoms with van der Waals surface area (Å²) in [4.78, 5) is 0.136. The van der Waals surface area contributed by atoms with Crippen molar-refractivity contribution in [3.63, 3.8) is 0 Å². The SMILES string of the molecule is CC1OCCC1CNc1ccccc1S(N)(=O)=O. The molecule has 0 amide bonds. The molecule has 1 aromatic carbocycles. The van der Waals surface area contributed by atoms with Crippen molar-refractivity contribution in [1.82, 2.24) is 0 Å². The summed E-state index contributed by atoms with van der Waals surface area (Å²) in [6.07, 6.45) is 1.20. The van der Waals surface area contributed by atoms with Gasteiger partial charge in [0.25, 0.3) is 0 Å². The summed E-state index contributed by atoms with van der Waals surface area (Å²) in [5.74, 6) is 0.401. The van der Waals surface area contributed by atoms with E-state index in [9.17, 15) is 8.42 Å². The van der Waals surface area contributed by atoms with Crippen molar-refractivity contribution in [3.05, 3.63) is 24.3 Å². The molecule has 1 aromatic rings. The average molecular weight is 270 g/mol. The Morgan fingerprint density at radius 2 is 2.17 bits per heavy atom. The molecule has 1 saturated heterocycles. The van der Waals surface area contributed by atoms with Crippen LogP contribution in [0, 0.1) is 5.92 Å². The zero-order chi connectivity index (χ0) is 13.2. The van der Waals surface area contributed by atoms with Gasteiger partial charge in [0.2, 0.25) is 10.0 Å². The van der Waals surface area contributed by atoms with Crippen LogP contribution in [-0.2, 0) is 14.8 Å². The second-order valence-corrected chi connectivity index (χ2v) is 6.08. The molecule has 0 spiro atoms. The van der Waals surface area contributed by atoms with E-state index in [2.05, 4.69) is 5.32 Å². The van der Waals surface area contributed by atoms with Gasteiger partial charge in [-0.1, -0.05) is 12.1 Å². The summed E-state index contributed by atoms with van der Waals surface area (Å²) in [5.41, 5.74) is 0.555. The van der Waals surface area contributed by atoms with Crippen LogP contribution in [-0.4, -0.2) is 27.7 Å². The first-order valence-electron chi connectivity index (χ1n) is 5.96. The normalized spacial score (nSPS) is 24.1. The highest BCUT2D eigenvalue weighted by Crippen LogP contribution is 2.23. The Balaban J connectivity index is 2.10. The highest BCUT2D eigenvalue weighted by molar-refractivity contribution is 7.89. The lowest BCUT2D eigenvalue weighted by molar-refractivity contribution is 0.108. The molecule has 1 aliphatic rings. The van der Waals surface area contributed by atoms with Gasteiger partial charge in [-0.05, 0) is 25.5 Å². The van der Waals surface area contributed by atoms with Crippen molar-refractivity contribution in [3.8, 4) is 0 Å². The number of rotatable bonds is 4. The third-order valence-electron chi connectivity index (χ3n) is 3.28. The number of hydrogen-bond donors (Lipinski definition) is 2. The smallest absolute Gasteiger partial charge is 0.240 e. The van der Waals surface area contributed by atoms with Crippen molar-refractivity contribution >= 4 is 15.7 Å². The maximum Gasteiger partial charge on any atom is 0.240 e. The Morgan fingerprint density at radius 3 is 2.78 bits per heavy atom. The van der Waals surface area contributed by atoms with Gasteiger partial charge in [0, 0.05) is 19.1 Å². The molecule has 1 heterocycles. The molecule has 0 aliphatic carbocycles. The highest BCUT2D eigenvalue weighted by atomic mass is 32.2. The monoisotopic (exact) mass is 270 g/mol. The van der Waals surface area contributed by atoms with Crippen LogP contribution in [0.2, 0.25) is 0 Å². The first kappa shape index (κ1) is 13.3. The van der Waals surface area contributed by atoms with E-state index in [1.807, 2.05) is 6.92 Å². The highest BCUT2D eigenvalue weighted by Gasteiger charge is 2.24. The number of anilines is 1. The lowest BCUT2D eigenvalue weighted by Gasteiger charge is -2.17. The predicted octanol–water partition coefficient (Wildman–Crippen LogP) is 1.17. The molecule has 0 saturated carbocycles. The minimum absolute atomic E-state index is 0.136. The first-order chi connectivity index (χ1) is 8.48. The molecule has 6 heteroatoms. The Morgan fingerprint density at radius 1 is 1.44 bits per heavy atom. The topological polar surface area (TPSA) is 81.4 Å². The number of sulfonamides is 1. The molecule has 5 nitrogen and oxygen atoms in total. The van der Waals surface area contributed by atoms with Crippen LogP contribution in [0.4, 0.5) is 5.69 Å². The molecule has 3 N–H and O–H groups in total. The van der Waals surface area contributed by atoms with Gasteiger partial charge in [-0.2, -0.15) is 0 Å². The number of primary sulfonamides is 1. The summed E-state index contributed by atoms with van der Waals surface area (Å²) in [5, 5.41) is 8.33. The average Bonchev–Trinajstić information content (AvgIpc) is 2.71. The van der Waals surface area contributed by atoms with Gasteiger partial charge in [-0.25, -0.2) is 13.6 Å². The number of ether oxygens (including phenoxy) is 1. The fourth-order valence-electron chi connectivity index (χ4n) is 2.15. The molecule has 0 bridgehead atoms. The van der Waals surface area contributed by atoms with E-state index in [0.717, 1.165) is 13.0 Å². The predicted molar refractivity (Wildman–Crippen MR) is 69.8 cm³/mol. The van der Waals surface area contributed by atoms with Crippen molar-refractivity contribution in [2.75, 3.05) is 18.5 Å². The Labute approximate surface area is 107 Å². The second kappa shape index (κ2) is 5.26. The van der Waals surface area contributed by atoms with Gasteiger partial charge in [0.05, 0.1) is 11.8 Å². The first-order valence-corrected chi connectivity index (χ1v) is 7.50. The lowest BCUT2D eigenvalue weighted by Crippen LogP contribution is -2.22. The summed E-state index contributed by atoms with van der Waals surface area (Å²) in [6.45, 7) is 3.49. The van der Waals surface area contributed by atoms with Crippen LogP contribution in [0.15, 0.2) is 29.2 Å². The number of benzene rings is 1. The summed E-state index contributed by atoms with van der Waals surface area (Å²) in [7, 11) is -3.69. The maximum absolute atomic E-state index is 11.4. The van der Waals surface area contributed by atoms with Gasteiger partial charge >= 0.3 is 0 Å². The molecule has 2 unspecified atom stereocenters. The van der Waals surface area contributed by atoms with E-state index in [1.165, 1.54) is 6.07 Å². The molecule has 1 aliphatic heterocycles. The molecular weight excluding hydrogens is 252 g/mol. The Bertz CT molecular complexity index is 516. The minimum atomic E-state index is -3.69.